The molecule has 1 aliphatic heterocycles. The highest BCUT2D eigenvalue weighted by Gasteiger charge is 2.45. The lowest BCUT2D eigenvalue weighted by molar-refractivity contribution is -0.400. The van der Waals surface area contributed by atoms with Gasteiger partial charge in [0.05, 0.1) is 11.1 Å². The number of rotatable bonds is 3. The number of hydrazone groups is 1. The maximum absolute atomic E-state index is 4.83. The smallest absolute Gasteiger partial charge is 0.215 e. The second kappa shape index (κ2) is 5.65. The first kappa shape index (κ1) is 15.5. The number of hydrogen-bond donors (Lipinski definition) is 0. The molecule has 0 saturated carbocycles. The second-order valence-corrected chi connectivity index (χ2v) is 6.59. The van der Waals surface area contributed by atoms with Crippen molar-refractivity contribution in [3.05, 3.63) is 60.2 Å². The van der Waals surface area contributed by atoms with Crippen molar-refractivity contribution in [1.29, 1.82) is 0 Å². The highest BCUT2D eigenvalue weighted by molar-refractivity contribution is 6.43. The van der Waals surface area contributed by atoms with Crippen molar-refractivity contribution in [2.75, 3.05) is 19.1 Å². The summed E-state index contributed by atoms with van der Waals surface area (Å²) in [6.45, 7) is 6.64. The monoisotopic (exact) mass is 306 g/mol. The SMILES string of the molecule is C/C(=N\N(C)c1ccccc1)C1=[N+](C)c2ccccc2C1(C)C. The first-order valence-corrected chi connectivity index (χ1v) is 7.98. The van der Waals surface area contributed by atoms with Gasteiger partial charge < -0.3 is 0 Å². The van der Waals surface area contributed by atoms with Gasteiger partial charge in [-0.15, -0.1) is 0 Å². The highest BCUT2D eigenvalue weighted by atomic mass is 15.4. The number of anilines is 1. The van der Waals surface area contributed by atoms with E-state index in [1.165, 1.54) is 17.0 Å². The highest BCUT2D eigenvalue weighted by Crippen LogP contribution is 2.39. The standard InChI is InChI=1S/C20H24N3/c1-15(21-23(5)16-11-7-6-8-12-16)19-20(2,3)17-13-9-10-14-18(17)22(19)4/h6-14H,1-5H3/q+1. The van der Waals surface area contributed by atoms with E-state index in [4.69, 9.17) is 5.10 Å². The van der Waals surface area contributed by atoms with Gasteiger partial charge in [-0.25, -0.2) is 0 Å². The Labute approximate surface area is 138 Å². The predicted octanol–water partition coefficient (Wildman–Crippen LogP) is 4.20. The van der Waals surface area contributed by atoms with Crippen LogP contribution in [0.25, 0.3) is 0 Å². The van der Waals surface area contributed by atoms with Crippen LogP contribution in [0.3, 0.4) is 0 Å². The maximum Gasteiger partial charge on any atom is 0.215 e. The number of hydrogen-bond acceptors (Lipinski definition) is 2. The Morgan fingerprint density at radius 2 is 1.61 bits per heavy atom. The number of fused-ring (bicyclic) bond motifs is 1. The topological polar surface area (TPSA) is 18.6 Å². The lowest BCUT2D eigenvalue weighted by Gasteiger charge is -2.19. The molecule has 0 radical (unpaired) electrons. The molecule has 0 fully saturated rings. The Morgan fingerprint density at radius 1 is 1.00 bits per heavy atom. The second-order valence-electron chi connectivity index (χ2n) is 6.59. The van der Waals surface area contributed by atoms with Gasteiger partial charge in [-0.05, 0) is 32.9 Å². The van der Waals surface area contributed by atoms with Crippen LogP contribution in [0.4, 0.5) is 11.4 Å². The maximum atomic E-state index is 4.83. The molecule has 0 amide bonds. The van der Waals surface area contributed by atoms with Crippen LogP contribution < -0.4 is 5.01 Å². The van der Waals surface area contributed by atoms with Crippen LogP contribution >= 0.6 is 0 Å². The van der Waals surface area contributed by atoms with Gasteiger partial charge in [0.25, 0.3) is 0 Å². The fourth-order valence-electron chi connectivity index (χ4n) is 3.63. The fourth-order valence-corrected chi connectivity index (χ4v) is 3.63. The molecule has 0 aliphatic carbocycles. The third-order valence-electron chi connectivity index (χ3n) is 4.64. The van der Waals surface area contributed by atoms with E-state index in [-0.39, 0.29) is 5.41 Å². The van der Waals surface area contributed by atoms with E-state index in [0.717, 1.165) is 11.4 Å². The Bertz CT molecular complexity index is 786. The largest absolute Gasteiger partial charge is 0.268 e. The number of nitrogens with zero attached hydrogens (tertiary/aromatic N) is 3. The van der Waals surface area contributed by atoms with Gasteiger partial charge in [0, 0.05) is 18.7 Å². The van der Waals surface area contributed by atoms with Crippen LogP contribution in [0, 0.1) is 0 Å². The Hall–Kier alpha value is -2.42. The van der Waals surface area contributed by atoms with Gasteiger partial charge in [0.15, 0.2) is 0 Å². The third kappa shape index (κ3) is 2.56. The summed E-state index contributed by atoms with van der Waals surface area (Å²) >= 11 is 0. The molecule has 0 saturated heterocycles. The third-order valence-corrected chi connectivity index (χ3v) is 4.64. The first-order chi connectivity index (χ1) is 10.9. The van der Waals surface area contributed by atoms with Crippen molar-refractivity contribution in [2.24, 2.45) is 5.10 Å². The van der Waals surface area contributed by atoms with E-state index < -0.39 is 0 Å². The van der Waals surface area contributed by atoms with Crippen molar-refractivity contribution in [2.45, 2.75) is 26.2 Å². The molecule has 1 heterocycles. The van der Waals surface area contributed by atoms with Gasteiger partial charge in [0.2, 0.25) is 11.4 Å². The van der Waals surface area contributed by atoms with Gasteiger partial charge in [-0.2, -0.15) is 9.68 Å². The van der Waals surface area contributed by atoms with Crippen LogP contribution in [0.15, 0.2) is 59.7 Å². The summed E-state index contributed by atoms with van der Waals surface area (Å²) in [5.74, 6) is 0. The van der Waals surface area contributed by atoms with Crippen molar-refractivity contribution in [3.63, 3.8) is 0 Å². The van der Waals surface area contributed by atoms with Gasteiger partial charge in [-0.1, -0.05) is 36.4 Å². The normalized spacial score (nSPS) is 16.5. The average Bonchev–Trinajstić information content (AvgIpc) is 2.75. The van der Waals surface area contributed by atoms with Crippen molar-refractivity contribution in [1.82, 2.24) is 0 Å². The molecule has 1 aliphatic rings. The van der Waals surface area contributed by atoms with Gasteiger partial charge >= 0.3 is 0 Å². The fraction of sp³-hybridized carbons (Fsp3) is 0.300. The molecule has 2 aromatic rings. The molecular weight excluding hydrogens is 282 g/mol. The summed E-state index contributed by atoms with van der Waals surface area (Å²) in [6.07, 6.45) is 0. The molecule has 0 unspecified atom stereocenters. The molecule has 2 aromatic carbocycles. The summed E-state index contributed by atoms with van der Waals surface area (Å²) in [5, 5.41) is 6.77. The van der Waals surface area contributed by atoms with Crippen molar-refractivity contribution >= 4 is 22.8 Å². The molecule has 23 heavy (non-hydrogen) atoms. The summed E-state index contributed by atoms with van der Waals surface area (Å²) < 4.78 is 2.27. The molecule has 0 bridgehead atoms. The molecule has 0 atom stereocenters. The van der Waals surface area contributed by atoms with E-state index in [0.29, 0.717) is 0 Å². The molecule has 3 heteroatoms. The van der Waals surface area contributed by atoms with Crippen LogP contribution in [-0.2, 0) is 5.41 Å². The van der Waals surface area contributed by atoms with Crippen LogP contribution in [-0.4, -0.2) is 30.1 Å². The molecule has 0 aromatic heterocycles. The van der Waals surface area contributed by atoms with Gasteiger partial charge in [-0.3, -0.25) is 5.01 Å². The van der Waals surface area contributed by atoms with Crippen molar-refractivity contribution in [3.8, 4) is 0 Å². The van der Waals surface area contributed by atoms with Crippen LogP contribution in [0.1, 0.15) is 26.3 Å². The predicted molar refractivity (Wildman–Crippen MR) is 98.3 cm³/mol. The Kier molecular flexibility index (Phi) is 3.80. The molecule has 3 rings (SSSR count). The van der Waals surface area contributed by atoms with E-state index in [1.54, 1.807) is 0 Å². The molecule has 0 spiro atoms. The summed E-state index contributed by atoms with van der Waals surface area (Å²) in [4.78, 5) is 0. The number of benzene rings is 2. The van der Waals surface area contributed by atoms with E-state index in [2.05, 4.69) is 68.8 Å². The van der Waals surface area contributed by atoms with Crippen LogP contribution in [0.2, 0.25) is 0 Å². The summed E-state index contributed by atoms with van der Waals surface area (Å²) in [7, 11) is 4.12. The summed E-state index contributed by atoms with van der Waals surface area (Å²) in [5.41, 5.74) is 5.96. The molecular formula is C20H24N3+. The Morgan fingerprint density at radius 3 is 2.26 bits per heavy atom. The zero-order valence-electron chi connectivity index (χ0n) is 14.5. The quantitative estimate of drug-likeness (QED) is 0.472. The molecule has 118 valence electrons. The minimum Gasteiger partial charge on any atom is -0.268 e. The molecule has 3 nitrogen and oxygen atoms in total. The minimum atomic E-state index is -0.0452. The van der Waals surface area contributed by atoms with Crippen LogP contribution in [0.5, 0.6) is 0 Å². The number of para-hydroxylation sites is 2. The lowest BCUT2D eigenvalue weighted by atomic mass is 9.80. The Balaban J connectivity index is 2.02. The minimum absolute atomic E-state index is 0.0452. The van der Waals surface area contributed by atoms with E-state index in [1.807, 2.05) is 30.3 Å². The first-order valence-electron chi connectivity index (χ1n) is 7.98. The zero-order chi connectivity index (χ0) is 16.6. The van der Waals surface area contributed by atoms with Crippen molar-refractivity contribution < 1.29 is 4.58 Å². The van der Waals surface area contributed by atoms with E-state index >= 15 is 0 Å². The van der Waals surface area contributed by atoms with Gasteiger partial charge in [0.1, 0.15) is 12.8 Å². The summed E-state index contributed by atoms with van der Waals surface area (Å²) in [6, 6.07) is 18.8. The average molecular weight is 306 g/mol. The zero-order valence-corrected chi connectivity index (χ0v) is 14.5. The van der Waals surface area contributed by atoms with E-state index in [9.17, 15) is 0 Å². The molecule has 0 N–H and O–H groups in total. The lowest BCUT2D eigenvalue weighted by Crippen LogP contribution is -2.35.